The Labute approximate surface area is 180 Å². The van der Waals surface area contributed by atoms with Gasteiger partial charge in [-0.2, -0.15) is 0 Å². The van der Waals surface area contributed by atoms with E-state index in [0.29, 0.717) is 16.8 Å². The Hall–Kier alpha value is -3.26. The van der Waals surface area contributed by atoms with Gasteiger partial charge in [0.05, 0.1) is 16.6 Å². The van der Waals surface area contributed by atoms with Crippen molar-refractivity contribution >= 4 is 21.6 Å². The monoisotopic (exact) mass is 444 g/mol. The maximum Gasteiger partial charge on any atom is 0.264 e. The fraction of sp³-hybridized carbons (Fsp3) is 0.174. The third-order valence-electron chi connectivity index (χ3n) is 4.96. The topological polar surface area (TPSA) is 66.5 Å². The van der Waals surface area contributed by atoms with Gasteiger partial charge in [0, 0.05) is 12.6 Å². The lowest BCUT2D eigenvalue weighted by atomic mass is 10.1. The number of aryl methyl sites for hydroxylation is 1. The van der Waals surface area contributed by atoms with Crippen LogP contribution in [0.2, 0.25) is 0 Å². The van der Waals surface area contributed by atoms with Gasteiger partial charge in [-0.15, -0.1) is 0 Å². The summed E-state index contributed by atoms with van der Waals surface area (Å²) in [6, 6.07) is 15.5. The zero-order chi connectivity index (χ0) is 22.8. The molecule has 0 radical (unpaired) electrons. The standard InChI is InChI=1S/C23H22F2N2O3S/c1-15-4-11-20(12-5-15)31(29,30)27(3)19-9-6-17(7-10-19)23(28)26-16(2)18-8-13-21(24)22(25)14-18/h4-14,16H,1-3H3,(H,26,28). The van der Waals surface area contributed by atoms with Crippen molar-refractivity contribution in [1.29, 1.82) is 0 Å². The summed E-state index contributed by atoms with van der Waals surface area (Å²) >= 11 is 0. The Morgan fingerprint density at radius 1 is 0.935 bits per heavy atom. The highest BCUT2D eigenvalue weighted by Crippen LogP contribution is 2.23. The van der Waals surface area contributed by atoms with Crippen LogP contribution >= 0.6 is 0 Å². The Kier molecular flexibility index (Phi) is 6.40. The number of nitrogens with zero attached hydrogens (tertiary/aromatic N) is 1. The molecule has 1 amide bonds. The first kappa shape index (κ1) is 22.4. The number of rotatable bonds is 6. The van der Waals surface area contributed by atoms with Crippen LogP contribution in [0.3, 0.4) is 0 Å². The minimum Gasteiger partial charge on any atom is -0.346 e. The Balaban J connectivity index is 1.73. The number of benzene rings is 3. The lowest BCUT2D eigenvalue weighted by Crippen LogP contribution is -2.28. The van der Waals surface area contributed by atoms with Crippen molar-refractivity contribution in [3.05, 3.63) is 95.1 Å². The van der Waals surface area contributed by atoms with E-state index in [4.69, 9.17) is 0 Å². The van der Waals surface area contributed by atoms with Crippen LogP contribution in [0.4, 0.5) is 14.5 Å². The van der Waals surface area contributed by atoms with E-state index in [-0.39, 0.29) is 4.90 Å². The van der Waals surface area contributed by atoms with E-state index in [2.05, 4.69) is 5.32 Å². The second-order valence-electron chi connectivity index (χ2n) is 7.20. The molecule has 0 saturated carbocycles. The van der Waals surface area contributed by atoms with Crippen molar-refractivity contribution < 1.29 is 22.0 Å². The first-order chi connectivity index (χ1) is 14.6. The van der Waals surface area contributed by atoms with E-state index in [1.54, 1.807) is 31.2 Å². The molecule has 1 unspecified atom stereocenters. The highest BCUT2D eigenvalue weighted by Gasteiger charge is 2.21. The number of hydrogen-bond donors (Lipinski definition) is 1. The van der Waals surface area contributed by atoms with Gasteiger partial charge in [-0.3, -0.25) is 9.10 Å². The predicted octanol–water partition coefficient (Wildman–Crippen LogP) is 4.59. The number of anilines is 1. The number of carbonyl (C=O) groups excluding carboxylic acids is 1. The van der Waals surface area contributed by atoms with Gasteiger partial charge in [-0.1, -0.05) is 23.8 Å². The number of sulfonamides is 1. The molecular formula is C23H22F2N2O3S. The first-order valence-corrected chi connectivity index (χ1v) is 10.9. The Morgan fingerprint density at radius 3 is 2.13 bits per heavy atom. The lowest BCUT2D eigenvalue weighted by Gasteiger charge is -2.20. The molecule has 3 aromatic carbocycles. The second kappa shape index (κ2) is 8.85. The van der Waals surface area contributed by atoms with Gasteiger partial charge in [0.1, 0.15) is 0 Å². The minimum absolute atomic E-state index is 0.169. The molecule has 0 aliphatic heterocycles. The van der Waals surface area contributed by atoms with E-state index in [9.17, 15) is 22.0 Å². The van der Waals surface area contributed by atoms with Gasteiger partial charge in [0.15, 0.2) is 11.6 Å². The summed E-state index contributed by atoms with van der Waals surface area (Å²) in [5, 5.41) is 2.71. The molecule has 0 spiro atoms. The third-order valence-corrected chi connectivity index (χ3v) is 6.76. The molecule has 1 atom stereocenters. The van der Waals surface area contributed by atoms with Crippen LogP contribution in [0, 0.1) is 18.6 Å². The van der Waals surface area contributed by atoms with Gasteiger partial charge in [-0.25, -0.2) is 17.2 Å². The van der Waals surface area contributed by atoms with Crippen LogP contribution in [0.15, 0.2) is 71.6 Å². The SMILES string of the molecule is Cc1ccc(S(=O)(=O)N(C)c2ccc(C(=O)NC(C)c3ccc(F)c(F)c3)cc2)cc1. The fourth-order valence-electron chi connectivity index (χ4n) is 2.97. The Morgan fingerprint density at radius 2 is 1.55 bits per heavy atom. The highest BCUT2D eigenvalue weighted by atomic mass is 32.2. The summed E-state index contributed by atoms with van der Waals surface area (Å²) in [5.41, 5.74) is 2.08. The summed E-state index contributed by atoms with van der Waals surface area (Å²) in [7, 11) is -2.30. The van der Waals surface area contributed by atoms with Crippen LogP contribution < -0.4 is 9.62 Å². The molecule has 0 aliphatic carbocycles. The van der Waals surface area contributed by atoms with Crippen LogP contribution in [0.25, 0.3) is 0 Å². The first-order valence-electron chi connectivity index (χ1n) is 9.51. The third kappa shape index (κ3) is 4.91. The zero-order valence-corrected chi connectivity index (χ0v) is 18.1. The molecule has 3 aromatic rings. The number of halogens is 2. The molecule has 0 aliphatic rings. The van der Waals surface area contributed by atoms with E-state index in [1.165, 1.54) is 37.4 Å². The fourth-order valence-corrected chi connectivity index (χ4v) is 4.17. The largest absolute Gasteiger partial charge is 0.346 e. The summed E-state index contributed by atoms with van der Waals surface area (Å²) in [4.78, 5) is 12.7. The van der Waals surface area contributed by atoms with Gasteiger partial charge < -0.3 is 5.32 Å². The maximum atomic E-state index is 13.4. The van der Waals surface area contributed by atoms with E-state index < -0.39 is 33.6 Å². The number of hydrogen-bond acceptors (Lipinski definition) is 3. The molecule has 5 nitrogen and oxygen atoms in total. The van der Waals surface area contributed by atoms with Crippen molar-refractivity contribution in [2.24, 2.45) is 0 Å². The van der Waals surface area contributed by atoms with Gasteiger partial charge in [-0.05, 0) is 67.9 Å². The summed E-state index contributed by atoms with van der Waals surface area (Å²) in [6.07, 6.45) is 0. The summed E-state index contributed by atoms with van der Waals surface area (Å²) in [5.74, 6) is -2.36. The minimum atomic E-state index is -3.74. The number of carbonyl (C=O) groups is 1. The average molecular weight is 445 g/mol. The predicted molar refractivity (Wildman–Crippen MR) is 115 cm³/mol. The summed E-state index contributed by atoms with van der Waals surface area (Å²) < 4.78 is 53.3. The van der Waals surface area contributed by atoms with Crippen molar-refractivity contribution in [2.45, 2.75) is 24.8 Å². The van der Waals surface area contributed by atoms with Gasteiger partial charge in [0.2, 0.25) is 0 Å². The van der Waals surface area contributed by atoms with Crippen LogP contribution in [0.5, 0.6) is 0 Å². The highest BCUT2D eigenvalue weighted by molar-refractivity contribution is 7.92. The molecule has 0 aromatic heterocycles. The number of amides is 1. The molecular weight excluding hydrogens is 422 g/mol. The van der Waals surface area contributed by atoms with Crippen LogP contribution in [0.1, 0.15) is 34.5 Å². The molecule has 1 N–H and O–H groups in total. The maximum absolute atomic E-state index is 13.4. The van der Waals surface area contributed by atoms with Crippen LogP contribution in [-0.2, 0) is 10.0 Å². The molecule has 162 valence electrons. The van der Waals surface area contributed by atoms with Crippen molar-refractivity contribution in [3.63, 3.8) is 0 Å². The zero-order valence-electron chi connectivity index (χ0n) is 17.3. The van der Waals surface area contributed by atoms with E-state index in [1.807, 2.05) is 6.92 Å². The normalized spacial score (nSPS) is 12.3. The van der Waals surface area contributed by atoms with Gasteiger partial charge >= 0.3 is 0 Å². The van der Waals surface area contributed by atoms with Crippen molar-refractivity contribution in [2.75, 3.05) is 11.4 Å². The second-order valence-corrected chi connectivity index (χ2v) is 9.17. The molecule has 31 heavy (non-hydrogen) atoms. The molecule has 8 heteroatoms. The lowest BCUT2D eigenvalue weighted by molar-refractivity contribution is 0.0940. The Bertz CT molecular complexity index is 1190. The summed E-state index contributed by atoms with van der Waals surface area (Å²) in [6.45, 7) is 3.53. The van der Waals surface area contributed by atoms with E-state index >= 15 is 0 Å². The van der Waals surface area contributed by atoms with Crippen LogP contribution in [-0.4, -0.2) is 21.4 Å². The quantitative estimate of drug-likeness (QED) is 0.605. The molecule has 0 bridgehead atoms. The van der Waals surface area contributed by atoms with E-state index in [0.717, 1.165) is 22.0 Å². The molecule has 0 fully saturated rings. The smallest absolute Gasteiger partial charge is 0.264 e. The average Bonchev–Trinajstić information content (AvgIpc) is 2.75. The number of nitrogens with one attached hydrogen (secondary N) is 1. The van der Waals surface area contributed by atoms with Crippen molar-refractivity contribution in [1.82, 2.24) is 5.32 Å². The molecule has 0 heterocycles. The molecule has 3 rings (SSSR count). The molecule has 0 saturated heterocycles. The van der Waals surface area contributed by atoms with Gasteiger partial charge in [0.25, 0.3) is 15.9 Å². The van der Waals surface area contributed by atoms with Crippen molar-refractivity contribution in [3.8, 4) is 0 Å².